The second-order valence-electron chi connectivity index (χ2n) is 5.39. The van der Waals surface area contributed by atoms with Crippen molar-refractivity contribution in [2.45, 2.75) is 25.4 Å². The first-order valence-electron chi connectivity index (χ1n) is 6.66. The van der Waals surface area contributed by atoms with E-state index in [1.165, 1.54) is 5.56 Å². The highest BCUT2D eigenvalue weighted by Gasteiger charge is 2.43. The molecule has 1 N–H and O–H groups in total. The molecule has 5 heteroatoms. The number of furan rings is 1. The summed E-state index contributed by atoms with van der Waals surface area (Å²) in [6.07, 6.45) is 1.01. The Balaban J connectivity index is 1.97. The van der Waals surface area contributed by atoms with Crippen molar-refractivity contribution in [1.82, 2.24) is 0 Å². The number of fused-ring (bicyclic) bond motifs is 1. The molecular weight excluding hydrogens is 398 g/mol. The number of aliphatic hydroxyl groups excluding tert-OH is 1. The monoisotopic (exact) mass is 409 g/mol. The smallest absolute Gasteiger partial charge is 0.183 e. The molecule has 0 amide bonds. The molecule has 0 fully saturated rings. The zero-order chi connectivity index (χ0) is 15.0. The Kier molecular flexibility index (Phi) is 3.96. The topological polar surface area (TPSA) is 57.2 Å². The summed E-state index contributed by atoms with van der Waals surface area (Å²) >= 11 is 6.61. The predicted molar refractivity (Wildman–Crippen MR) is 85.6 cm³/mol. The van der Waals surface area contributed by atoms with Gasteiger partial charge >= 0.3 is 0 Å². The average Bonchev–Trinajstić information content (AvgIpc) is 2.85. The molecular formula is C16H13Br2NO2. The van der Waals surface area contributed by atoms with Crippen LogP contribution in [0.3, 0.4) is 0 Å². The van der Waals surface area contributed by atoms with Crippen LogP contribution in [0.5, 0.6) is 0 Å². The molecule has 2 atom stereocenters. The third kappa shape index (κ3) is 2.57. The van der Waals surface area contributed by atoms with E-state index in [0.29, 0.717) is 23.3 Å². The molecule has 108 valence electrons. The number of hydrogen-bond acceptors (Lipinski definition) is 3. The highest BCUT2D eigenvalue weighted by Crippen LogP contribution is 2.46. The number of benzene rings is 1. The Bertz CT molecular complexity index is 700. The lowest BCUT2D eigenvalue weighted by molar-refractivity contribution is 0.0340. The van der Waals surface area contributed by atoms with E-state index in [1.807, 2.05) is 18.2 Å². The summed E-state index contributed by atoms with van der Waals surface area (Å²) in [6, 6.07) is 12.2. The van der Waals surface area contributed by atoms with E-state index in [2.05, 4.69) is 44.0 Å². The van der Waals surface area contributed by atoms with Crippen LogP contribution in [0.15, 0.2) is 43.9 Å². The number of aliphatic hydroxyl groups is 1. The summed E-state index contributed by atoms with van der Waals surface area (Å²) in [5.41, 5.74) is 1.55. The van der Waals surface area contributed by atoms with Crippen LogP contribution in [-0.2, 0) is 12.8 Å². The highest BCUT2D eigenvalue weighted by atomic mass is 79.9. The summed E-state index contributed by atoms with van der Waals surface area (Å²) in [5, 5.41) is 20.4. The van der Waals surface area contributed by atoms with Gasteiger partial charge in [0.1, 0.15) is 11.9 Å². The summed E-state index contributed by atoms with van der Waals surface area (Å²) in [7, 11) is 0. The van der Waals surface area contributed by atoms with Crippen molar-refractivity contribution in [2.24, 2.45) is 5.41 Å². The Morgan fingerprint density at radius 2 is 2.00 bits per heavy atom. The van der Waals surface area contributed by atoms with Gasteiger partial charge in [0.15, 0.2) is 4.67 Å². The van der Waals surface area contributed by atoms with Gasteiger partial charge in [0, 0.05) is 0 Å². The van der Waals surface area contributed by atoms with Gasteiger partial charge in [-0.25, -0.2) is 0 Å². The van der Waals surface area contributed by atoms with Gasteiger partial charge in [-0.1, -0.05) is 24.3 Å². The molecule has 0 spiro atoms. The van der Waals surface area contributed by atoms with Gasteiger partial charge in [-0.3, -0.25) is 0 Å². The maximum absolute atomic E-state index is 10.7. The molecule has 0 saturated heterocycles. The molecule has 1 aliphatic rings. The molecule has 0 bridgehead atoms. The molecule has 0 aliphatic heterocycles. The van der Waals surface area contributed by atoms with Crippen molar-refractivity contribution in [3.63, 3.8) is 0 Å². The van der Waals surface area contributed by atoms with Crippen molar-refractivity contribution in [3.8, 4) is 6.07 Å². The van der Waals surface area contributed by atoms with Crippen LogP contribution >= 0.6 is 31.9 Å². The average molecular weight is 411 g/mol. The van der Waals surface area contributed by atoms with E-state index in [9.17, 15) is 10.4 Å². The van der Waals surface area contributed by atoms with Crippen molar-refractivity contribution >= 4 is 31.9 Å². The van der Waals surface area contributed by atoms with Gasteiger partial charge in [-0.05, 0) is 68.3 Å². The molecule has 0 saturated carbocycles. The highest BCUT2D eigenvalue weighted by molar-refractivity contribution is 9.13. The molecule has 1 heterocycles. The normalized spacial score (nSPS) is 22.4. The number of nitriles is 1. The zero-order valence-electron chi connectivity index (χ0n) is 11.1. The third-order valence-corrected chi connectivity index (χ3v) is 5.85. The number of hydrogen-bond donors (Lipinski definition) is 1. The second-order valence-corrected chi connectivity index (χ2v) is 6.96. The number of halogens is 2. The van der Waals surface area contributed by atoms with Crippen molar-refractivity contribution in [3.05, 3.63) is 56.4 Å². The van der Waals surface area contributed by atoms with E-state index >= 15 is 0 Å². The van der Waals surface area contributed by atoms with Gasteiger partial charge < -0.3 is 9.52 Å². The van der Waals surface area contributed by atoms with Crippen LogP contribution < -0.4 is 0 Å². The Labute approximate surface area is 139 Å². The SMILES string of the molecule is N#CC1(C(O)c2cc(Br)c(Br)o2)CCc2ccccc2C1. The first kappa shape index (κ1) is 14.8. The molecule has 1 aromatic heterocycles. The summed E-state index contributed by atoms with van der Waals surface area (Å²) < 4.78 is 6.78. The number of rotatable bonds is 2. The Morgan fingerprint density at radius 1 is 1.29 bits per heavy atom. The zero-order valence-corrected chi connectivity index (χ0v) is 14.3. The molecule has 3 rings (SSSR count). The van der Waals surface area contributed by atoms with Crippen LogP contribution in [0.25, 0.3) is 0 Å². The van der Waals surface area contributed by atoms with Crippen LogP contribution in [-0.4, -0.2) is 5.11 Å². The molecule has 0 radical (unpaired) electrons. The van der Waals surface area contributed by atoms with E-state index in [4.69, 9.17) is 4.42 Å². The van der Waals surface area contributed by atoms with Gasteiger partial charge in [0.2, 0.25) is 0 Å². The molecule has 2 unspecified atom stereocenters. The minimum absolute atomic E-state index is 0.412. The summed E-state index contributed by atoms with van der Waals surface area (Å²) in [4.78, 5) is 0. The fourth-order valence-electron chi connectivity index (χ4n) is 2.92. The standard InChI is InChI=1S/C16H13Br2NO2/c17-12-7-13(21-15(12)18)14(20)16(9-19)6-5-10-3-1-2-4-11(10)8-16/h1-4,7,14,20H,5-6,8H2. The maximum Gasteiger partial charge on any atom is 0.183 e. The molecule has 21 heavy (non-hydrogen) atoms. The Morgan fingerprint density at radius 3 is 2.62 bits per heavy atom. The van der Waals surface area contributed by atoms with Gasteiger partial charge in [-0.15, -0.1) is 0 Å². The number of nitrogens with zero attached hydrogens (tertiary/aromatic N) is 1. The van der Waals surface area contributed by atoms with E-state index in [1.54, 1.807) is 6.07 Å². The summed E-state index contributed by atoms with van der Waals surface area (Å²) in [6.45, 7) is 0. The van der Waals surface area contributed by atoms with Gasteiger partial charge in [-0.2, -0.15) is 5.26 Å². The predicted octanol–water partition coefficient (Wildman–Crippen LogP) is 4.54. The van der Waals surface area contributed by atoms with E-state index < -0.39 is 11.5 Å². The second kappa shape index (κ2) is 5.60. The van der Waals surface area contributed by atoms with Crippen LogP contribution in [0.4, 0.5) is 0 Å². The van der Waals surface area contributed by atoms with Crippen molar-refractivity contribution in [1.29, 1.82) is 5.26 Å². The lowest BCUT2D eigenvalue weighted by Gasteiger charge is -2.35. The fourth-order valence-corrected chi connectivity index (χ4v) is 3.53. The third-order valence-electron chi connectivity index (χ3n) is 4.14. The quantitative estimate of drug-likeness (QED) is 0.790. The van der Waals surface area contributed by atoms with Gasteiger partial charge in [0.05, 0.1) is 16.0 Å². The first-order valence-corrected chi connectivity index (χ1v) is 8.25. The first-order chi connectivity index (χ1) is 10.1. The number of aryl methyl sites for hydroxylation is 1. The maximum atomic E-state index is 10.7. The molecule has 1 aromatic carbocycles. The summed E-state index contributed by atoms with van der Waals surface area (Å²) in [5.74, 6) is 0.412. The van der Waals surface area contributed by atoms with Crippen molar-refractivity contribution in [2.75, 3.05) is 0 Å². The minimum Gasteiger partial charge on any atom is -0.450 e. The van der Waals surface area contributed by atoms with Crippen LogP contribution in [0.1, 0.15) is 29.4 Å². The van der Waals surface area contributed by atoms with Crippen LogP contribution in [0, 0.1) is 16.7 Å². The largest absolute Gasteiger partial charge is 0.450 e. The lowest BCUT2D eigenvalue weighted by Crippen LogP contribution is -2.33. The Hall–Kier alpha value is -1.09. The minimum atomic E-state index is -0.946. The molecule has 2 aromatic rings. The van der Waals surface area contributed by atoms with Crippen LogP contribution in [0.2, 0.25) is 0 Å². The van der Waals surface area contributed by atoms with E-state index in [0.717, 1.165) is 16.5 Å². The molecule has 1 aliphatic carbocycles. The van der Waals surface area contributed by atoms with E-state index in [-0.39, 0.29) is 0 Å². The molecule has 3 nitrogen and oxygen atoms in total. The van der Waals surface area contributed by atoms with Crippen molar-refractivity contribution < 1.29 is 9.52 Å². The fraction of sp³-hybridized carbons (Fsp3) is 0.312. The lowest BCUT2D eigenvalue weighted by atomic mass is 9.68. The van der Waals surface area contributed by atoms with Gasteiger partial charge in [0.25, 0.3) is 0 Å².